The van der Waals surface area contributed by atoms with E-state index >= 15 is 0 Å². The lowest BCUT2D eigenvalue weighted by molar-refractivity contribution is -0.118. The Kier molecular flexibility index (Phi) is 3.99. The molecule has 1 aromatic rings. The summed E-state index contributed by atoms with van der Waals surface area (Å²) in [5.74, 6) is 0.698. The largest absolute Gasteiger partial charge is 0.496 e. The average molecular weight is 263 g/mol. The molecule has 0 aromatic heterocycles. The van der Waals surface area contributed by atoms with Gasteiger partial charge < -0.3 is 10.1 Å². The maximum absolute atomic E-state index is 11.2. The Morgan fingerprint density at radius 2 is 2.22 bits per heavy atom. The Labute approximate surface area is 109 Å². The van der Waals surface area contributed by atoms with E-state index in [4.69, 9.17) is 4.74 Å². The third-order valence-electron chi connectivity index (χ3n) is 2.37. The van der Waals surface area contributed by atoms with Crippen LogP contribution < -0.4 is 10.1 Å². The molecular weight excluding hydrogens is 250 g/mol. The van der Waals surface area contributed by atoms with Crippen molar-refractivity contribution in [1.82, 2.24) is 5.32 Å². The number of nitrogens with zero attached hydrogens (tertiary/aromatic N) is 2. The predicted octanol–water partition coefficient (Wildman–Crippen LogP) is 1.64. The number of methoxy groups -OCH3 is 1. The number of carbonyl (C=O) groups is 1. The monoisotopic (exact) mass is 263 g/mol. The van der Waals surface area contributed by atoms with Crippen LogP contribution in [0.1, 0.15) is 12.5 Å². The third-order valence-corrected chi connectivity index (χ3v) is 3.35. The summed E-state index contributed by atoms with van der Waals surface area (Å²) >= 11 is 1.36. The van der Waals surface area contributed by atoms with Crippen molar-refractivity contribution in [3.8, 4) is 5.75 Å². The molecule has 1 aliphatic rings. The van der Waals surface area contributed by atoms with Gasteiger partial charge in [-0.05, 0) is 19.1 Å². The zero-order chi connectivity index (χ0) is 13.0. The van der Waals surface area contributed by atoms with Crippen LogP contribution in [0.4, 0.5) is 0 Å². The number of hydrogen-bond donors (Lipinski definition) is 1. The van der Waals surface area contributed by atoms with E-state index in [1.165, 1.54) is 11.8 Å². The molecule has 0 bridgehead atoms. The van der Waals surface area contributed by atoms with E-state index in [9.17, 15) is 4.79 Å². The minimum Gasteiger partial charge on any atom is -0.496 e. The fourth-order valence-corrected chi connectivity index (χ4v) is 2.18. The van der Waals surface area contributed by atoms with Crippen LogP contribution in [0.2, 0.25) is 0 Å². The van der Waals surface area contributed by atoms with Gasteiger partial charge in [-0.3, -0.25) is 4.79 Å². The number of thioether (sulfide) groups is 1. The molecule has 1 heterocycles. The molecule has 18 heavy (non-hydrogen) atoms. The first-order valence-electron chi connectivity index (χ1n) is 5.42. The fraction of sp³-hybridized carbons (Fsp3) is 0.250. The number of carbonyl (C=O) groups excluding carboxylic acids is 1. The van der Waals surface area contributed by atoms with E-state index in [2.05, 4.69) is 15.5 Å². The van der Waals surface area contributed by atoms with E-state index in [1.807, 2.05) is 31.2 Å². The molecule has 1 atom stereocenters. The lowest BCUT2D eigenvalue weighted by Crippen LogP contribution is -2.23. The molecule has 6 heteroatoms. The van der Waals surface area contributed by atoms with Crippen molar-refractivity contribution in [2.45, 2.75) is 12.2 Å². The van der Waals surface area contributed by atoms with Crippen molar-refractivity contribution in [3.05, 3.63) is 29.8 Å². The third kappa shape index (κ3) is 2.89. The number of hydrogen-bond acceptors (Lipinski definition) is 5. The van der Waals surface area contributed by atoms with E-state index < -0.39 is 0 Å². The second-order valence-corrected chi connectivity index (χ2v) is 4.97. The lowest BCUT2D eigenvalue weighted by atomic mass is 10.2. The molecule has 1 N–H and O–H groups in total. The second kappa shape index (κ2) is 5.68. The maximum atomic E-state index is 11.2. The minimum atomic E-state index is -0.106. The Morgan fingerprint density at radius 3 is 2.89 bits per heavy atom. The summed E-state index contributed by atoms with van der Waals surface area (Å²) in [5.41, 5.74) is 0.840. The van der Waals surface area contributed by atoms with Gasteiger partial charge in [-0.25, -0.2) is 0 Å². The highest BCUT2D eigenvalue weighted by molar-refractivity contribution is 8.15. The molecule has 0 saturated carbocycles. The van der Waals surface area contributed by atoms with Crippen LogP contribution in [0.25, 0.3) is 0 Å². The van der Waals surface area contributed by atoms with Gasteiger partial charge in [0.1, 0.15) is 5.75 Å². The second-order valence-electron chi connectivity index (χ2n) is 3.64. The predicted molar refractivity (Wildman–Crippen MR) is 73.2 cm³/mol. The van der Waals surface area contributed by atoms with Gasteiger partial charge in [0, 0.05) is 5.56 Å². The van der Waals surface area contributed by atoms with Gasteiger partial charge in [-0.2, -0.15) is 5.10 Å². The smallest absolute Gasteiger partial charge is 0.239 e. The molecule has 0 aliphatic carbocycles. The molecule has 0 spiro atoms. The highest BCUT2D eigenvalue weighted by Crippen LogP contribution is 2.18. The molecule has 2 rings (SSSR count). The first kappa shape index (κ1) is 12.6. The van der Waals surface area contributed by atoms with E-state index in [-0.39, 0.29) is 11.2 Å². The number of ether oxygens (including phenoxy) is 1. The van der Waals surface area contributed by atoms with Crippen molar-refractivity contribution in [1.29, 1.82) is 0 Å². The molecule has 1 amide bonds. The van der Waals surface area contributed by atoms with Gasteiger partial charge in [0.05, 0.1) is 18.6 Å². The summed E-state index contributed by atoms with van der Waals surface area (Å²) in [6, 6.07) is 7.51. The van der Waals surface area contributed by atoms with Crippen molar-refractivity contribution in [3.63, 3.8) is 0 Å². The Hall–Kier alpha value is -1.82. The van der Waals surface area contributed by atoms with Crippen LogP contribution >= 0.6 is 11.8 Å². The minimum absolute atomic E-state index is 0.0359. The van der Waals surface area contributed by atoms with Crippen molar-refractivity contribution >= 4 is 29.1 Å². The quantitative estimate of drug-likeness (QED) is 0.666. The summed E-state index contributed by atoms with van der Waals surface area (Å²) in [4.78, 5) is 11.2. The van der Waals surface area contributed by atoms with Crippen LogP contribution in [0.15, 0.2) is 34.5 Å². The molecule has 0 unspecified atom stereocenters. The number of para-hydroxylation sites is 1. The molecule has 1 fully saturated rings. The van der Waals surface area contributed by atoms with E-state index in [0.717, 1.165) is 11.3 Å². The number of amides is 1. The molecule has 1 aliphatic heterocycles. The van der Waals surface area contributed by atoms with Crippen LogP contribution in [-0.4, -0.2) is 29.6 Å². The Balaban J connectivity index is 2.08. The van der Waals surface area contributed by atoms with Crippen LogP contribution in [0.3, 0.4) is 0 Å². The standard InChI is InChI=1S/C12H13N3O2S/c1-8-11(16)14-12(18-8)15-13-7-9-5-3-4-6-10(9)17-2/h3-8H,1-2H3,(H,14,15,16)/b13-7-/t8-/m0/s1. The molecular formula is C12H13N3O2S. The van der Waals surface area contributed by atoms with Gasteiger partial charge in [-0.15, -0.1) is 5.10 Å². The normalized spacial score (nSPS) is 21.6. The summed E-state index contributed by atoms with van der Waals surface area (Å²) in [7, 11) is 1.60. The van der Waals surface area contributed by atoms with Gasteiger partial charge in [-0.1, -0.05) is 23.9 Å². The van der Waals surface area contributed by atoms with Crippen molar-refractivity contribution in [2.75, 3.05) is 7.11 Å². The zero-order valence-corrected chi connectivity index (χ0v) is 10.9. The highest BCUT2D eigenvalue weighted by Gasteiger charge is 2.25. The summed E-state index contributed by atoms with van der Waals surface area (Å²) < 4.78 is 5.19. The first-order valence-corrected chi connectivity index (χ1v) is 6.30. The van der Waals surface area contributed by atoms with E-state index in [0.29, 0.717) is 5.17 Å². The molecule has 1 saturated heterocycles. The van der Waals surface area contributed by atoms with Gasteiger partial charge in [0.2, 0.25) is 5.91 Å². The van der Waals surface area contributed by atoms with Gasteiger partial charge >= 0.3 is 0 Å². The molecule has 0 radical (unpaired) electrons. The fourth-order valence-electron chi connectivity index (χ4n) is 1.42. The van der Waals surface area contributed by atoms with Crippen molar-refractivity contribution in [2.24, 2.45) is 10.2 Å². The number of amidine groups is 1. The van der Waals surface area contributed by atoms with E-state index in [1.54, 1.807) is 13.3 Å². The molecule has 5 nitrogen and oxygen atoms in total. The summed E-state index contributed by atoms with van der Waals surface area (Å²) in [6.45, 7) is 1.83. The van der Waals surface area contributed by atoms with Crippen molar-refractivity contribution < 1.29 is 9.53 Å². The lowest BCUT2D eigenvalue weighted by Gasteiger charge is -2.01. The van der Waals surface area contributed by atoms with Gasteiger partial charge in [0.25, 0.3) is 0 Å². The van der Waals surface area contributed by atoms with Gasteiger partial charge in [0.15, 0.2) is 5.17 Å². The number of nitrogens with one attached hydrogen (secondary N) is 1. The average Bonchev–Trinajstić information content (AvgIpc) is 2.69. The Bertz CT molecular complexity index is 514. The van der Waals surface area contributed by atoms with Crippen LogP contribution in [-0.2, 0) is 4.79 Å². The Morgan fingerprint density at radius 1 is 1.44 bits per heavy atom. The number of rotatable bonds is 3. The highest BCUT2D eigenvalue weighted by atomic mass is 32.2. The number of benzene rings is 1. The molecule has 1 aromatic carbocycles. The summed E-state index contributed by atoms with van der Waals surface area (Å²) in [6.07, 6.45) is 1.60. The van der Waals surface area contributed by atoms with Crippen LogP contribution in [0, 0.1) is 0 Å². The topological polar surface area (TPSA) is 63.1 Å². The van der Waals surface area contributed by atoms with Crippen LogP contribution in [0.5, 0.6) is 5.75 Å². The SMILES string of the molecule is COc1ccccc1/C=N\N=C1\NC(=O)[C@H](C)S1. The maximum Gasteiger partial charge on any atom is 0.239 e. The zero-order valence-electron chi connectivity index (χ0n) is 10.1. The molecule has 94 valence electrons. The summed E-state index contributed by atoms with van der Waals surface area (Å²) in [5, 5.41) is 11.0. The first-order chi connectivity index (χ1) is 8.70.